The Kier molecular flexibility index (Phi) is 5.36. The molecular weight excluding hydrogens is 292 g/mol. The highest BCUT2D eigenvalue weighted by molar-refractivity contribution is 5.88. The molecule has 2 aromatic rings. The Bertz CT molecular complexity index is 699. The van der Waals surface area contributed by atoms with Crippen LogP contribution in [0, 0.1) is 13.8 Å². The minimum atomic E-state index is -0.868. The van der Waals surface area contributed by atoms with Gasteiger partial charge in [0.25, 0.3) is 5.91 Å². The van der Waals surface area contributed by atoms with Gasteiger partial charge in [0.05, 0.1) is 0 Å². The van der Waals surface area contributed by atoms with Gasteiger partial charge in [-0.2, -0.15) is 0 Å². The highest BCUT2D eigenvalue weighted by Gasteiger charge is 2.20. The summed E-state index contributed by atoms with van der Waals surface area (Å²) >= 11 is 0. The van der Waals surface area contributed by atoms with Gasteiger partial charge in [-0.25, -0.2) is 0 Å². The molecule has 23 heavy (non-hydrogen) atoms. The lowest BCUT2D eigenvalue weighted by molar-refractivity contribution is -0.128. The molecule has 0 unspecified atom stereocenters. The molecule has 3 N–H and O–H groups in total. The minimum absolute atomic E-state index is 0.181. The monoisotopic (exact) mass is 312 g/mol. The number of carbonyl (C=O) groups excluding carboxylic acids is 2. The molecule has 5 nitrogen and oxygen atoms in total. The molecule has 0 saturated carbocycles. The van der Waals surface area contributed by atoms with Gasteiger partial charge in [0.15, 0.2) is 6.61 Å². The minimum Gasteiger partial charge on any atom is -0.484 e. The van der Waals surface area contributed by atoms with Gasteiger partial charge in [0.2, 0.25) is 5.91 Å². The summed E-state index contributed by atoms with van der Waals surface area (Å²) in [6, 6.07) is 13.6. The van der Waals surface area contributed by atoms with Crippen molar-refractivity contribution in [1.29, 1.82) is 0 Å². The molecule has 0 aliphatic carbocycles. The molecule has 2 rings (SSSR count). The van der Waals surface area contributed by atoms with E-state index in [9.17, 15) is 9.59 Å². The van der Waals surface area contributed by atoms with E-state index in [1.165, 1.54) is 0 Å². The van der Waals surface area contributed by atoms with Gasteiger partial charge >= 0.3 is 0 Å². The van der Waals surface area contributed by atoms with Crippen molar-refractivity contribution in [2.24, 2.45) is 5.73 Å². The summed E-state index contributed by atoms with van der Waals surface area (Å²) < 4.78 is 5.46. The molecule has 0 aliphatic rings. The predicted molar refractivity (Wildman–Crippen MR) is 87.9 cm³/mol. The van der Waals surface area contributed by atoms with Gasteiger partial charge in [-0.3, -0.25) is 9.59 Å². The maximum atomic E-state index is 12.0. The average Bonchev–Trinajstić information content (AvgIpc) is 2.54. The number of amides is 2. The van der Waals surface area contributed by atoms with Gasteiger partial charge < -0.3 is 15.8 Å². The zero-order valence-corrected chi connectivity index (χ0v) is 13.2. The third kappa shape index (κ3) is 4.57. The summed E-state index contributed by atoms with van der Waals surface area (Å²) in [4.78, 5) is 23.6. The molecule has 0 radical (unpaired) electrons. The largest absolute Gasteiger partial charge is 0.484 e. The Balaban J connectivity index is 1.97. The molecule has 0 spiro atoms. The average molecular weight is 312 g/mol. The quantitative estimate of drug-likeness (QED) is 0.856. The lowest BCUT2D eigenvalue weighted by Crippen LogP contribution is -2.39. The van der Waals surface area contributed by atoms with Crippen LogP contribution in [0.5, 0.6) is 5.75 Å². The fourth-order valence-corrected chi connectivity index (χ4v) is 2.12. The molecule has 0 bridgehead atoms. The Morgan fingerprint density at radius 3 is 2.39 bits per heavy atom. The van der Waals surface area contributed by atoms with Crippen molar-refractivity contribution < 1.29 is 14.3 Å². The highest BCUT2D eigenvalue weighted by atomic mass is 16.5. The summed E-state index contributed by atoms with van der Waals surface area (Å²) in [7, 11) is 0. The van der Waals surface area contributed by atoms with Gasteiger partial charge in [-0.15, -0.1) is 0 Å². The highest BCUT2D eigenvalue weighted by Crippen LogP contribution is 2.16. The maximum Gasteiger partial charge on any atom is 0.258 e. The van der Waals surface area contributed by atoms with Crippen LogP contribution >= 0.6 is 0 Å². The molecule has 0 aromatic heterocycles. The smallest absolute Gasteiger partial charge is 0.258 e. The zero-order valence-electron chi connectivity index (χ0n) is 13.2. The Morgan fingerprint density at radius 2 is 1.78 bits per heavy atom. The van der Waals surface area contributed by atoms with E-state index in [2.05, 4.69) is 5.32 Å². The van der Waals surface area contributed by atoms with Crippen LogP contribution in [0.15, 0.2) is 48.5 Å². The first kappa shape index (κ1) is 16.5. The first-order valence-electron chi connectivity index (χ1n) is 7.31. The van der Waals surface area contributed by atoms with E-state index < -0.39 is 17.9 Å². The Morgan fingerprint density at radius 1 is 1.09 bits per heavy atom. The van der Waals surface area contributed by atoms with Crippen LogP contribution in [0.3, 0.4) is 0 Å². The number of aryl methyl sites for hydroxylation is 2. The third-order valence-corrected chi connectivity index (χ3v) is 3.57. The third-order valence-electron chi connectivity index (χ3n) is 3.57. The molecule has 2 aromatic carbocycles. The fourth-order valence-electron chi connectivity index (χ4n) is 2.12. The number of ether oxygens (including phenoxy) is 1. The van der Waals surface area contributed by atoms with Crippen molar-refractivity contribution >= 4 is 11.8 Å². The number of primary amides is 1. The van der Waals surface area contributed by atoms with Crippen molar-refractivity contribution in [2.45, 2.75) is 19.9 Å². The van der Waals surface area contributed by atoms with Crippen molar-refractivity contribution in [2.75, 3.05) is 6.61 Å². The van der Waals surface area contributed by atoms with E-state index in [1.807, 2.05) is 32.0 Å². The summed E-state index contributed by atoms with van der Waals surface area (Å²) in [5.74, 6) is -0.412. The van der Waals surface area contributed by atoms with Crippen molar-refractivity contribution in [3.05, 3.63) is 65.2 Å². The molecular formula is C18H20N2O3. The Hall–Kier alpha value is -2.82. The van der Waals surface area contributed by atoms with Crippen LogP contribution in [-0.2, 0) is 9.59 Å². The number of nitrogens with one attached hydrogen (secondary N) is 1. The normalized spacial score (nSPS) is 11.6. The standard InChI is InChI=1S/C18H20N2O3/c1-12-8-9-15(10-13(12)2)23-11-16(21)20-17(18(19)22)14-6-4-3-5-7-14/h3-10,17H,11H2,1-2H3,(H2,19,22)(H,20,21)/t17-/m1/s1. The van der Waals surface area contributed by atoms with E-state index in [0.717, 1.165) is 11.1 Å². The van der Waals surface area contributed by atoms with E-state index in [4.69, 9.17) is 10.5 Å². The van der Waals surface area contributed by atoms with Crippen LogP contribution in [0.1, 0.15) is 22.7 Å². The van der Waals surface area contributed by atoms with E-state index >= 15 is 0 Å². The van der Waals surface area contributed by atoms with Crippen molar-refractivity contribution in [1.82, 2.24) is 5.32 Å². The number of benzene rings is 2. The molecule has 0 fully saturated rings. The van der Waals surface area contributed by atoms with Crippen molar-refractivity contribution in [3.63, 3.8) is 0 Å². The second-order valence-corrected chi connectivity index (χ2v) is 5.35. The lowest BCUT2D eigenvalue weighted by atomic mass is 10.1. The molecule has 0 saturated heterocycles. The van der Waals surface area contributed by atoms with Crippen LogP contribution in [0.2, 0.25) is 0 Å². The molecule has 0 aliphatic heterocycles. The number of rotatable bonds is 6. The first-order chi connectivity index (χ1) is 11.0. The number of nitrogens with two attached hydrogens (primary N) is 1. The lowest BCUT2D eigenvalue weighted by Gasteiger charge is -2.16. The first-order valence-corrected chi connectivity index (χ1v) is 7.31. The number of carbonyl (C=O) groups is 2. The van der Waals surface area contributed by atoms with Crippen molar-refractivity contribution in [3.8, 4) is 5.75 Å². The van der Waals surface area contributed by atoms with E-state index in [1.54, 1.807) is 30.3 Å². The van der Waals surface area contributed by atoms with E-state index in [0.29, 0.717) is 11.3 Å². The molecule has 2 amide bonds. The zero-order chi connectivity index (χ0) is 16.8. The van der Waals surface area contributed by atoms with Crippen LogP contribution < -0.4 is 15.8 Å². The SMILES string of the molecule is Cc1ccc(OCC(=O)N[C@@H](C(N)=O)c2ccccc2)cc1C. The maximum absolute atomic E-state index is 12.0. The molecule has 1 atom stereocenters. The van der Waals surface area contributed by atoms with Gasteiger partial charge in [-0.1, -0.05) is 36.4 Å². The molecule has 0 heterocycles. The van der Waals surface area contributed by atoms with Gasteiger partial charge in [-0.05, 0) is 42.7 Å². The van der Waals surface area contributed by atoms with E-state index in [-0.39, 0.29) is 6.61 Å². The second kappa shape index (κ2) is 7.45. The summed E-state index contributed by atoms with van der Waals surface area (Å²) in [6.07, 6.45) is 0. The summed E-state index contributed by atoms with van der Waals surface area (Å²) in [5, 5.41) is 2.59. The van der Waals surface area contributed by atoms with Gasteiger partial charge in [0, 0.05) is 0 Å². The summed E-state index contributed by atoms with van der Waals surface area (Å²) in [6.45, 7) is 3.79. The topological polar surface area (TPSA) is 81.4 Å². The summed E-state index contributed by atoms with van der Waals surface area (Å²) in [5.41, 5.74) is 8.24. The van der Waals surface area contributed by atoms with Crippen LogP contribution in [-0.4, -0.2) is 18.4 Å². The molecule has 5 heteroatoms. The number of hydrogen-bond donors (Lipinski definition) is 2. The van der Waals surface area contributed by atoms with Crippen LogP contribution in [0.25, 0.3) is 0 Å². The second-order valence-electron chi connectivity index (χ2n) is 5.35. The van der Waals surface area contributed by atoms with Crippen LogP contribution in [0.4, 0.5) is 0 Å². The molecule has 120 valence electrons. The fraction of sp³-hybridized carbons (Fsp3) is 0.222. The predicted octanol–water partition coefficient (Wildman–Crippen LogP) is 2.03. The number of hydrogen-bond acceptors (Lipinski definition) is 3. The van der Waals surface area contributed by atoms with Gasteiger partial charge in [0.1, 0.15) is 11.8 Å². The Labute approximate surface area is 135 Å².